The van der Waals surface area contributed by atoms with E-state index in [1.807, 2.05) is 6.07 Å². The van der Waals surface area contributed by atoms with Crippen molar-refractivity contribution in [2.75, 3.05) is 13.2 Å². The molecule has 3 aliphatic rings. The largest absolute Gasteiger partial charge is 0.491 e. The molecule has 1 aromatic rings. The van der Waals surface area contributed by atoms with Gasteiger partial charge < -0.3 is 14.9 Å². The van der Waals surface area contributed by atoms with Gasteiger partial charge in [-0.1, -0.05) is 13.0 Å². The van der Waals surface area contributed by atoms with Crippen LogP contribution in [0.4, 0.5) is 0 Å². The van der Waals surface area contributed by atoms with Crippen molar-refractivity contribution in [1.29, 1.82) is 0 Å². The van der Waals surface area contributed by atoms with Crippen LogP contribution < -0.4 is 4.74 Å². The van der Waals surface area contributed by atoms with E-state index in [1.54, 1.807) is 0 Å². The molecule has 0 radical (unpaired) electrons. The highest BCUT2D eigenvalue weighted by atomic mass is 16.5. The first-order valence-corrected chi connectivity index (χ1v) is 9.61. The highest BCUT2D eigenvalue weighted by Crippen LogP contribution is 2.59. The van der Waals surface area contributed by atoms with Gasteiger partial charge in [-0.15, -0.1) is 0 Å². The molecule has 0 aliphatic heterocycles. The van der Waals surface area contributed by atoms with Crippen LogP contribution in [0, 0.1) is 17.3 Å². The summed E-state index contributed by atoms with van der Waals surface area (Å²) in [6, 6.07) is 6.27. The molecule has 5 atom stereocenters. The number of fused-ring (bicyclic) bond motifs is 5. The molecular formula is C21H28O4. The summed E-state index contributed by atoms with van der Waals surface area (Å²) in [4.78, 5) is 12.4. The van der Waals surface area contributed by atoms with Crippen molar-refractivity contribution in [3.8, 4) is 5.75 Å². The number of aliphatic hydroxyl groups is 2. The maximum atomic E-state index is 12.4. The predicted molar refractivity (Wildman–Crippen MR) is 94.7 cm³/mol. The second-order valence-corrected chi connectivity index (χ2v) is 8.34. The fourth-order valence-electron chi connectivity index (χ4n) is 5.66. The van der Waals surface area contributed by atoms with Gasteiger partial charge in [-0.3, -0.25) is 4.79 Å². The fraction of sp³-hybridized carbons (Fsp3) is 0.667. The number of hydrogen-bond donors (Lipinski definition) is 2. The van der Waals surface area contributed by atoms with Crippen LogP contribution in [0.15, 0.2) is 18.2 Å². The van der Waals surface area contributed by atoms with Gasteiger partial charge in [-0.25, -0.2) is 0 Å². The van der Waals surface area contributed by atoms with Gasteiger partial charge in [0.25, 0.3) is 0 Å². The van der Waals surface area contributed by atoms with Gasteiger partial charge >= 0.3 is 0 Å². The smallest absolute Gasteiger partial charge is 0.139 e. The zero-order valence-electron chi connectivity index (χ0n) is 14.9. The Labute approximate surface area is 149 Å². The lowest BCUT2D eigenvalue weighted by molar-refractivity contribution is -0.129. The number of rotatable bonds is 4. The van der Waals surface area contributed by atoms with Crippen molar-refractivity contribution in [3.63, 3.8) is 0 Å². The fourth-order valence-corrected chi connectivity index (χ4v) is 5.66. The number of aryl methyl sites for hydroxylation is 1. The number of carbonyl (C=O) groups excluding carboxylic acids is 1. The van der Waals surface area contributed by atoms with Crippen molar-refractivity contribution in [2.45, 2.75) is 57.5 Å². The summed E-state index contributed by atoms with van der Waals surface area (Å²) in [6.45, 7) is 2.04. The van der Waals surface area contributed by atoms with Crippen molar-refractivity contribution in [2.24, 2.45) is 17.3 Å². The van der Waals surface area contributed by atoms with Crippen LogP contribution in [0.25, 0.3) is 0 Å². The molecule has 4 rings (SSSR count). The van der Waals surface area contributed by atoms with Gasteiger partial charge in [0.05, 0.1) is 6.61 Å². The monoisotopic (exact) mass is 344 g/mol. The van der Waals surface area contributed by atoms with Gasteiger partial charge in [-0.2, -0.15) is 0 Å². The normalized spacial score (nSPS) is 34.8. The predicted octanol–water partition coefficient (Wildman–Crippen LogP) is 2.84. The second-order valence-electron chi connectivity index (χ2n) is 8.34. The van der Waals surface area contributed by atoms with Gasteiger partial charge in [0, 0.05) is 11.8 Å². The third-order valence-electron chi connectivity index (χ3n) is 7.06. The Morgan fingerprint density at radius 3 is 2.92 bits per heavy atom. The molecule has 0 spiro atoms. The van der Waals surface area contributed by atoms with Crippen molar-refractivity contribution < 1.29 is 19.7 Å². The Morgan fingerprint density at radius 2 is 2.12 bits per heavy atom. The summed E-state index contributed by atoms with van der Waals surface area (Å²) in [7, 11) is 0. The van der Waals surface area contributed by atoms with E-state index in [-0.39, 0.29) is 18.6 Å². The lowest BCUT2D eigenvalue weighted by atomic mass is 9.55. The van der Waals surface area contributed by atoms with E-state index >= 15 is 0 Å². The number of ketones is 1. The van der Waals surface area contributed by atoms with Gasteiger partial charge in [0.15, 0.2) is 0 Å². The van der Waals surface area contributed by atoms with Crippen LogP contribution in [0.5, 0.6) is 5.75 Å². The molecule has 4 nitrogen and oxygen atoms in total. The summed E-state index contributed by atoms with van der Waals surface area (Å²) in [5.74, 6) is 3.03. The summed E-state index contributed by atoms with van der Waals surface area (Å²) >= 11 is 0. The molecule has 4 heteroatoms. The summed E-state index contributed by atoms with van der Waals surface area (Å²) in [5.41, 5.74) is 2.72. The maximum Gasteiger partial charge on any atom is 0.139 e. The first kappa shape index (κ1) is 17.0. The highest BCUT2D eigenvalue weighted by molar-refractivity contribution is 5.87. The molecule has 3 aliphatic carbocycles. The topological polar surface area (TPSA) is 66.8 Å². The molecule has 2 N–H and O–H groups in total. The quantitative estimate of drug-likeness (QED) is 0.881. The number of ether oxygens (including phenoxy) is 1. The molecular weight excluding hydrogens is 316 g/mol. The van der Waals surface area contributed by atoms with Gasteiger partial charge in [0.2, 0.25) is 0 Å². The average Bonchev–Trinajstić information content (AvgIpc) is 2.94. The van der Waals surface area contributed by atoms with E-state index in [0.717, 1.165) is 44.3 Å². The number of benzene rings is 1. The van der Waals surface area contributed by atoms with Crippen LogP contribution in [-0.4, -0.2) is 35.3 Å². The molecule has 0 heterocycles. The van der Waals surface area contributed by atoms with E-state index in [0.29, 0.717) is 23.5 Å². The number of Topliss-reactive ketones (excluding diaryl/α,β-unsaturated/α-hetero) is 1. The maximum absolute atomic E-state index is 12.4. The van der Waals surface area contributed by atoms with Gasteiger partial charge in [-0.05, 0) is 73.1 Å². The number of carbonyl (C=O) groups is 1. The molecule has 0 amide bonds. The Bertz CT molecular complexity index is 670. The van der Waals surface area contributed by atoms with Crippen LogP contribution in [-0.2, 0) is 11.2 Å². The molecule has 2 saturated carbocycles. The minimum absolute atomic E-state index is 0.0673. The lowest BCUT2D eigenvalue weighted by Crippen LogP contribution is -2.42. The summed E-state index contributed by atoms with van der Waals surface area (Å²) < 4.78 is 5.61. The van der Waals surface area contributed by atoms with Crippen LogP contribution in [0.3, 0.4) is 0 Å². The van der Waals surface area contributed by atoms with E-state index in [1.165, 1.54) is 11.1 Å². The first-order chi connectivity index (χ1) is 12.0. The molecule has 1 aromatic carbocycles. The zero-order chi connectivity index (χ0) is 17.6. The molecule has 0 aromatic heterocycles. The lowest BCUT2D eigenvalue weighted by Gasteiger charge is -2.48. The van der Waals surface area contributed by atoms with Gasteiger partial charge in [0.1, 0.15) is 24.2 Å². The Balaban J connectivity index is 1.54. The molecule has 4 unspecified atom stereocenters. The zero-order valence-corrected chi connectivity index (χ0v) is 14.9. The van der Waals surface area contributed by atoms with E-state index in [4.69, 9.17) is 9.84 Å². The van der Waals surface area contributed by atoms with E-state index in [2.05, 4.69) is 19.1 Å². The van der Waals surface area contributed by atoms with Crippen LogP contribution >= 0.6 is 0 Å². The van der Waals surface area contributed by atoms with Crippen molar-refractivity contribution in [3.05, 3.63) is 29.3 Å². The van der Waals surface area contributed by atoms with Crippen LogP contribution in [0.2, 0.25) is 0 Å². The standard InChI is InChI=1S/C21H28O4/c1-21-9-8-17-16-5-3-15(25-12-14(23)11-22)10-13(16)2-4-18(17)19(21)6-7-20(21)24/h3,5,10,14,17-19,22-23H,2,4,6-9,11-12H2,1H3/t14?,17?,18?,19?,21-/m0/s1. The Morgan fingerprint density at radius 1 is 1.28 bits per heavy atom. The Kier molecular flexibility index (Phi) is 4.37. The van der Waals surface area contributed by atoms with Crippen molar-refractivity contribution >= 4 is 5.78 Å². The molecule has 0 bridgehead atoms. The summed E-state index contributed by atoms with van der Waals surface area (Å²) in [5, 5.41) is 18.3. The van der Waals surface area contributed by atoms with Crippen molar-refractivity contribution in [1.82, 2.24) is 0 Å². The third-order valence-corrected chi connectivity index (χ3v) is 7.06. The van der Waals surface area contributed by atoms with E-state index < -0.39 is 6.10 Å². The third kappa shape index (κ3) is 2.80. The molecule has 2 fully saturated rings. The Hall–Kier alpha value is -1.39. The highest BCUT2D eigenvalue weighted by Gasteiger charge is 2.54. The molecule has 25 heavy (non-hydrogen) atoms. The number of hydrogen-bond acceptors (Lipinski definition) is 4. The SMILES string of the molecule is C[C@]12CCC3c4ccc(OCC(O)CO)cc4CCC3C1CCC2=O. The number of aliphatic hydroxyl groups excluding tert-OH is 2. The molecule has 0 saturated heterocycles. The minimum Gasteiger partial charge on any atom is -0.491 e. The first-order valence-electron chi connectivity index (χ1n) is 9.61. The average molecular weight is 344 g/mol. The van der Waals surface area contributed by atoms with Crippen LogP contribution in [0.1, 0.15) is 56.1 Å². The second kappa shape index (κ2) is 6.40. The summed E-state index contributed by atoms with van der Waals surface area (Å²) in [6.07, 6.45) is 5.35. The molecule has 136 valence electrons. The van der Waals surface area contributed by atoms with E-state index in [9.17, 15) is 9.90 Å². The minimum atomic E-state index is -0.837.